The second-order valence-corrected chi connectivity index (χ2v) is 8.37. The lowest BCUT2D eigenvalue weighted by atomic mass is 9.92. The first-order valence-corrected chi connectivity index (χ1v) is 10.9. The number of hydrogen-bond donors (Lipinski definition) is 1. The number of fused-ring (bicyclic) bond motifs is 1. The van der Waals surface area contributed by atoms with Gasteiger partial charge in [0.05, 0.1) is 25.0 Å². The molecule has 3 heterocycles. The number of anilines is 1. The minimum Gasteiger partial charge on any atom is -0.453 e. The topological polar surface area (TPSA) is 68.6 Å². The van der Waals surface area contributed by atoms with E-state index in [1.807, 2.05) is 29.9 Å². The SMILES string of the molecule is COC(=O)N1c2ccc(-c3cnn(C4CNC4)c3)c(Oc3cc(F)ccc3F)c2CCC1C. The van der Waals surface area contributed by atoms with Crippen molar-refractivity contribution in [2.75, 3.05) is 25.1 Å². The van der Waals surface area contributed by atoms with E-state index >= 15 is 0 Å². The maximum Gasteiger partial charge on any atom is 0.414 e. The average molecular weight is 454 g/mol. The fourth-order valence-corrected chi connectivity index (χ4v) is 4.33. The van der Waals surface area contributed by atoms with E-state index < -0.39 is 17.7 Å². The lowest BCUT2D eigenvalue weighted by molar-refractivity contribution is 0.175. The van der Waals surface area contributed by atoms with E-state index in [9.17, 15) is 13.6 Å². The summed E-state index contributed by atoms with van der Waals surface area (Å²) in [5.41, 5.74) is 2.85. The van der Waals surface area contributed by atoms with Crippen LogP contribution in [0.25, 0.3) is 11.1 Å². The third kappa shape index (κ3) is 3.82. The summed E-state index contributed by atoms with van der Waals surface area (Å²) < 4.78 is 41.3. The van der Waals surface area contributed by atoms with Gasteiger partial charge in [-0.2, -0.15) is 5.10 Å². The molecule has 1 atom stereocenters. The maximum atomic E-state index is 14.5. The van der Waals surface area contributed by atoms with E-state index in [1.165, 1.54) is 7.11 Å². The molecule has 2 aliphatic heterocycles. The quantitative estimate of drug-likeness (QED) is 0.621. The molecule has 0 aliphatic carbocycles. The number of amides is 1. The zero-order valence-electron chi connectivity index (χ0n) is 18.3. The normalized spacial score (nSPS) is 17.9. The van der Waals surface area contributed by atoms with E-state index in [0.29, 0.717) is 29.8 Å². The van der Waals surface area contributed by atoms with Crippen LogP contribution < -0.4 is 15.0 Å². The highest BCUT2D eigenvalue weighted by atomic mass is 19.1. The predicted molar refractivity (Wildman–Crippen MR) is 119 cm³/mol. The van der Waals surface area contributed by atoms with Crippen molar-refractivity contribution in [3.05, 3.63) is 59.9 Å². The fraction of sp³-hybridized carbons (Fsp3) is 0.333. The first-order valence-electron chi connectivity index (χ1n) is 10.9. The molecule has 0 radical (unpaired) electrons. The van der Waals surface area contributed by atoms with Crippen molar-refractivity contribution in [1.29, 1.82) is 0 Å². The molecule has 172 valence electrons. The van der Waals surface area contributed by atoms with Crippen LogP contribution in [0.5, 0.6) is 11.5 Å². The molecule has 5 rings (SSSR count). The molecule has 1 unspecified atom stereocenters. The van der Waals surface area contributed by atoms with Crippen LogP contribution in [0.1, 0.15) is 24.9 Å². The summed E-state index contributed by atoms with van der Waals surface area (Å²) in [6, 6.07) is 6.95. The van der Waals surface area contributed by atoms with E-state index in [1.54, 1.807) is 11.1 Å². The number of carbonyl (C=O) groups excluding carboxylic acids is 1. The van der Waals surface area contributed by atoms with Crippen LogP contribution >= 0.6 is 0 Å². The molecule has 1 aromatic heterocycles. The number of halogens is 2. The number of methoxy groups -OCH3 is 1. The van der Waals surface area contributed by atoms with E-state index in [0.717, 1.165) is 42.4 Å². The highest BCUT2D eigenvalue weighted by molar-refractivity contribution is 5.92. The van der Waals surface area contributed by atoms with Gasteiger partial charge in [-0.3, -0.25) is 9.58 Å². The van der Waals surface area contributed by atoms with Gasteiger partial charge in [-0.15, -0.1) is 0 Å². The van der Waals surface area contributed by atoms with Crippen LogP contribution in [-0.4, -0.2) is 42.1 Å². The van der Waals surface area contributed by atoms with Crippen LogP contribution in [0, 0.1) is 11.6 Å². The van der Waals surface area contributed by atoms with Gasteiger partial charge in [0.2, 0.25) is 0 Å². The number of hydrogen-bond acceptors (Lipinski definition) is 5. The predicted octanol–water partition coefficient (Wildman–Crippen LogP) is 4.67. The van der Waals surface area contributed by atoms with Crippen LogP contribution in [0.3, 0.4) is 0 Å². The molecular formula is C24H24F2N4O3. The molecule has 1 saturated heterocycles. The first kappa shape index (κ1) is 21.4. The van der Waals surface area contributed by atoms with Crippen molar-refractivity contribution >= 4 is 11.8 Å². The van der Waals surface area contributed by atoms with Crippen molar-refractivity contribution in [3.63, 3.8) is 0 Å². The lowest BCUT2D eigenvalue weighted by Crippen LogP contribution is -2.43. The second-order valence-electron chi connectivity index (χ2n) is 8.37. The van der Waals surface area contributed by atoms with Gasteiger partial charge in [0.25, 0.3) is 0 Å². The van der Waals surface area contributed by atoms with Gasteiger partial charge in [0.1, 0.15) is 11.6 Å². The number of nitrogens with one attached hydrogen (secondary N) is 1. The summed E-state index contributed by atoms with van der Waals surface area (Å²) in [7, 11) is 1.33. The Kier molecular flexibility index (Phi) is 5.49. The average Bonchev–Trinajstić information content (AvgIpc) is 3.23. The fourth-order valence-electron chi connectivity index (χ4n) is 4.33. The minimum absolute atomic E-state index is 0.0802. The zero-order chi connectivity index (χ0) is 23.1. The Morgan fingerprint density at radius 1 is 1.21 bits per heavy atom. The smallest absolute Gasteiger partial charge is 0.414 e. The second kappa shape index (κ2) is 8.47. The summed E-state index contributed by atoms with van der Waals surface area (Å²) >= 11 is 0. The standard InChI is InChI=1S/C24H24F2N4O3/c1-14-3-5-19-21(30(14)24(31)32-2)8-6-18(15-10-28-29(13-15)17-11-27-12-17)23(19)33-22-9-16(25)4-7-20(22)26/h4,6-10,13-14,17,27H,3,5,11-12H2,1-2H3. The summed E-state index contributed by atoms with van der Waals surface area (Å²) in [5.74, 6) is -1.12. The molecular weight excluding hydrogens is 430 g/mol. The monoisotopic (exact) mass is 454 g/mol. The van der Waals surface area contributed by atoms with Gasteiger partial charge in [-0.05, 0) is 44.0 Å². The molecule has 2 aromatic carbocycles. The van der Waals surface area contributed by atoms with Gasteiger partial charge in [-0.1, -0.05) is 0 Å². The van der Waals surface area contributed by atoms with Gasteiger partial charge < -0.3 is 14.8 Å². The van der Waals surface area contributed by atoms with Crippen LogP contribution in [-0.2, 0) is 11.2 Å². The van der Waals surface area contributed by atoms with Crippen molar-refractivity contribution in [1.82, 2.24) is 15.1 Å². The molecule has 7 nitrogen and oxygen atoms in total. The van der Waals surface area contributed by atoms with Crippen LogP contribution in [0.15, 0.2) is 42.7 Å². The van der Waals surface area contributed by atoms with Crippen molar-refractivity contribution in [3.8, 4) is 22.6 Å². The Balaban J connectivity index is 1.65. The molecule has 1 amide bonds. The molecule has 9 heteroatoms. The number of nitrogens with zero attached hydrogens (tertiary/aromatic N) is 3. The Morgan fingerprint density at radius 2 is 2.03 bits per heavy atom. The number of aromatic nitrogens is 2. The molecule has 33 heavy (non-hydrogen) atoms. The number of benzene rings is 2. The molecule has 0 bridgehead atoms. The first-order chi connectivity index (χ1) is 16.0. The molecule has 1 fully saturated rings. The number of carbonyl (C=O) groups is 1. The molecule has 2 aliphatic rings. The van der Waals surface area contributed by atoms with E-state index in [2.05, 4.69) is 10.4 Å². The molecule has 1 N–H and O–H groups in total. The lowest BCUT2D eigenvalue weighted by Gasteiger charge is -2.35. The van der Waals surface area contributed by atoms with E-state index in [-0.39, 0.29) is 17.8 Å². The third-order valence-electron chi connectivity index (χ3n) is 6.27. The van der Waals surface area contributed by atoms with E-state index in [4.69, 9.17) is 9.47 Å². The van der Waals surface area contributed by atoms with Crippen molar-refractivity contribution in [2.45, 2.75) is 31.8 Å². The summed E-state index contributed by atoms with van der Waals surface area (Å²) in [5, 5.41) is 7.70. The number of ether oxygens (including phenoxy) is 2. The summed E-state index contributed by atoms with van der Waals surface area (Å²) in [6.07, 6.45) is 4.44. The van der Waals surface area contributed by atoms with Gasteiger partial charge in [0.15, 0.2) is 11.6 Å². The van der Waals surface area contributed by atoms with Gasteiger partial charge in [0, 0.05) is 48.1 Å². The number of rotatable bonds is 4. The highest BCUT2D eigenvalue weighted by Crippen LogP contribution is 2.45. The van der Waals surface area contributed by atoms with Gasteiger partial charge >= 0.3 is 6.09 Å². The Hall–Kier alpha value is -3.46. The molecule has 0 saturated carbocycles. The molecule has 3 aromatic rings. The van der Waals surface area contributed by atoms with Crippen LogP contribution in [0.2, 0.25) is 0 Å². The summed E-state index contributed by atoms with van der Waals surface area (Å²) in [4.78, 5) is 14.1. The minimum atomic E-state index is -0.676. The maximum absolute atomic E-state index is 14.5. The Labute approximate surface area is 189 Å². The van der Waals surface area contributed by atoms with Gasteiger partial charge in [-0.25, -0.2) is 13.6 Å². The zero-order valence-corrected chi connectivity index (χ0v) is 18.3. The Bertz CT molecular complexity index is 1210. The van der Waals surface area contributed by atoms with Crippen LogP contribution in [0.4, 0.5) is 19.3 Å². The summed E-state index contributed by atoms with van der Waals surface area (Å²) in [6.45, 7) is 3.63. The molecule has 0 spiro atoms. The third-order valence-corrected chi connectivity index (χ3v) is 6.27. The highest BCUT2D eigenvalue weighted by Gasteiger charge is 2.33. The largest absolute Gasteiger partial charge is 0.453 e. The van der Waals surface area contributed by atoms with Crippen molar-refractivity contribution in [2.24, 2.45) is 0 Å². The van der Waals surface area contributed by atoms with Crippen molar-refractivity contribution < 1.29 is 23.0 Å². The Morgan fingerprint density at radius 3 is 2.76 bits per heavy atom.